The molecule has 0 radical (unpaired) electrons. The number of allylic oxidation sites excluding steroid dienone is 2. The topological polar surface area (TPSA) is 0 Å². The minimum Gasteiger partial charge on any atom is -0.0789 e. The van der Waals surface area contributed by atoms with Gasteiger partial charge in [-0.2, -0.15) is 0 Å². The van der Waals surface area contributed by atoms with Crippen LogP contribution < -0.4 is 22.6 Å². The highest BCUT2D eigenvalue weighted by Crippen LogP contribution is 2.20. The van der Waals surface area contributed by atoms with Crippen LogP contribution in [0.4, 0.5) is 0 Å². The molecule has 0 heterocycles. The van der Waals surface area contributed by atoms with E-state index in [-0.39, 0.29) is 0 Å². The maximum Gasteiger partial charge on any atom is 0.271 e. The first-order valence-corrected chi connectivity index (χ1v) is 8.87. The third kappa shape index (κ3) is 4.91. The van der Waals surface area contributed by atoms with Crippen molar-refractivity contribution >= 4 is 22.6 Å². The molecule has 0 saturated heterocycles. The molecule has 98 valence electrons. The molecular formula is C17H17I2+. The number of hydrogen-bond donors (Lipinski definition) is 0. The molecule has 2 rings (SSSR count). The van der Waals surface area contributed by atoms with E-state index in [2.05, 4.69) is 113 Å². The molecule has 1 unspecified atom stereocenters. The van der Waals surface area contributed by atoms with E-state index in [1.54, 1.807) is 0 Å². The maximum atomic E-state index is 2.42. The predicted molar refractivity (Wildman–Crippen MR) is 88.7 cm³/mol. The zero-order valence-corrected chi connectivity index (χ0v) is 15.3. The fourth-order valence-corrected chi connectivity index (χ4v) is 2.50. The third-order valence-corrected chi connectivity index (χ3v) is 3.84. The molecule has 0 aliphatic rings. The van der Waals surface area contributed by atoms with Crippen molar-refractivity contribution in [2.75, 3.05) is 0 Å². The number of benzene rings is 2. The molecule has 0 aliphatic heterocycles. The summed E-state index contributed by atoms with van der Waals surface area (Å²) in [6.07, 6.45) is 5.52. The standard InChI is InChI=1S/C17H17I2/c1-13-5-9-15(10-6-13)16-11-7-14(8-12-16)3-2-4-17(18)19/h2,4-12,17-18H,3H2,1H3/q+1. The van der Waals surface area contributed by atoms with E-state index >= 15 is 0 Å². The average molecular weight is 475 g/mol. The van der Waals surface area contributed by atoms with Gasteiger partial charge in [-0.05, 0) is 58.7 Å². The first kappa shape index (κ1) is 15.0. The van der Waals surface area contributed by atoms with E-state index in [9.17, 15) is 0 Å². The second kappa shape index (κ2) is 7.43. The number of hydrogen-bond acceptors (Lipinski definition) is 0. The van der Waals surface area contributed by atoms with E-state index < -0.39 is 0 Å². The van der Waals surface area contributed by atoms with E-state index in [1.165, 1.54) is 22.3 Å². The van der Waals surface area contributed by atoms with Crippen LogP contribution in [0, 0.1) is 6.92 Å². The molecule has 2 aromatic rings. The molecule has 0 aromatic heterocycles. The SMILES string of the molecule is Cc1ccc(-c2ccc(CC=CC(I)[IH+])cc2)cc1. The predicted octanol–water partition coefficient (Wildman–Crippen LogP) is 1.81. The van der Waals surface area contributed by atoms with Gasteiger partial charge in [0.05, 0.1) is 0 Å². The highest BCUT2D eigenvalue weighted by Gasteiger charge is 1.99. The Balaban J connectivity index is 2.08. The normalized spacial score (nSPS) is 12.8. The summed E-state index contributed by atoms with van der Waals surface area (Å²) >= 11 is 4.54. The van der Waals surface area contributed by atoms with Crippen LogP contribution in [0.1, 0.15) is 11.1 Å². The van der Waals surface area contributed by atoms with Gasteiger partial charge in [0.1, 0.15) is 0 Å². The summed E-state index contributed by atoms with van der Waals surface area (Å²) in [5.74, 6) is 0. The van der Waals surface area contributed by atoms with Crippen LogP contribution in [-0.2, 0) is 6.42 Å². The molecule has 0 amide bonds. The largest absolute Gasteiger partial charge is 0.271 e. The first-order chi connectivity index (χ1) is 9.15. The van der Waals surface area contributed by atoms with Crippen molar-refractivity contribution in [1.82, 2.24) is 0 Å². The summed E-state index contributed by atoms with van der Waals surface area (Å²) in [5, 5.41) is 0. The maximum absolute atomic E-state index is 2.42. The van der Waals surface area contributed by atoms with Crippen molar-refractivity contribution in [2.24, 2.45) is 0 Å². The van der Waals surface area contributed by atoms with Crippen molar-refractivity contribution in [3.8, 4) is 11.1 Å². The molecule has 2 aromatic carbocycles. The van der Waals surface area contributed by atoms with Gasteiger partial charge in [0.2, 0.25) is 1.93 Å². The molecule has 1 atom stereocenters. The highest BCUT2D eigenvalue weighted by atomic mass is 127. The van der Waals surface area contributed by atoms with E-state index in [0.29, 0.717) is 1.93 Å². The van der Waals surface area contributed by atoms with Crippen LogP contribution in [0.25, 0.3) is 11.1 Å². The quantitative estimate of drug-likeness (QED) is 0.360. The summed E-state index contributed by atoms with van der Waals surface area (Å²) in [5.41, 5.74) is 5.24. The smallest absolute Gasteiger partial charge is 0.0789 e. The highest BCUT2D eigenvalue weighted by molar-refractivity contribution is 14.1. The van der Waals surface area contributed by atoms with Gasteiger partial charge in [-0.15, -0.1) is 0 Å². The lowest BCUT2D eigenvalue weighted by Crippen LogP contribution is -3.37. The fourth-order valence-electron chi connectivity index (χ4n) is 1.89. The summed E-state index contributed by atoms with van der Waals surface area (Å²) < 4.78 is 0.611. The van der Waals surface area contributed by atoms with Gasteiger partial charge in [0.15, 0.2) is 0 Å². The number of alkyl halides is 2. The Morgan fingerprint density at radius 2 is 1.53 bits per heavy atom. The monoisotopic (exact) mass is 475 g/mol. The van der Waals surface area contributed by atoms with Gasteiger partial charge >= 0.3 is 0 Å². The third-order valence-electron chi connectivity index (χ3n) is 2.98. The van der Waals surface area contributed by atoms with Gasteiger partial charge < -0.3 is 0 Å². The number of halogens is 2. The Labute approximate surface area is 142 Å². The van der Waals surface area contributed by atoms with Crippen LogP contribution in [0.15, 0.2) is 60.7 Å². The zero-order valence-electron chi connectivity index (χ0n) is 10.8. The Morgan fingerprint density at radius 3 is 2.05 bits per heavy atom. The molecular weight excluding hydrogens is 458 g/mol. The Hall–Kier alpha value is -0.360. The van der Waals surface area contributed by atoms with E-state index in [0.717, 1.165) is 6.42 Å². The zero-order chi connectivity index (χ0) is 13.7. The summed E-state index contributed by atoms with van der Waals surface area (Å²) in [4.78, 5) is 0. The number of aryl methyl sites for hydroxylation is 1. The molecule has 0 nitrogen and oxygen atoms in total. The van der Waals surface area contributed by atoms with Gasteiger partial charge in [0.25, 0.3) is 22.6 Å². The van der Waals surface area contributed by atoms with Crippen molar-refractivity contribution in [3.63, 3.8) is 0 Å². The summed E-state index contributed by atoms with van der Waals surface area (Å²) in [6, 6.07) is 17.5. The summed E-state index contributed by atoms with van der Waals surface area (Å²) in [7, 11) is 0. The fraction of sp³-hybridized carbons (Fsp3) is 0.176. The van der Waals surface area contributed by atoms with Crippen LogP contribution in [-0.4, -0.2) is 1.93 Å². The van der Waals surface area contributed by atoms with Crippen LogP contribution >= 0.6 is 22.6 Å². The van der Waals surface area contributed by atoms with Crippen molar-refractivity contribution in [3.05, 3.63) is 71.8 Å². The molecule has 0 fully saturated rings. The molecule has 0 spiro atoms. The van der Waals surface area contributed by atoms with Crippen molar-refractivity contribution in [2.45, 2.75) is 15.3 Å². The molecule has 0 N–H and O–H groups in total. The summed E-state index contributed by atoms with van der Waals surface area (Å²) in [6.45, 7) is 2.12. The Morgan fingerprint density at radius 1 is 1.00 bits per heavy atom. The van der Waals surface area contributed by atoms with Crippen LogP contribution in [0.3, 0.4) is 0 Å². The molecule has 19 heavy (non-hydrogen) atoms. The molecule has 2 heteroatoms. The lowest BCUT2D eigenvalue weighted by molar-refractivity contribution is -0.363. The van der Waals surface area contributed by atoms with E-state index in [4.69, 9.17) is 0 Å². The molecule has 0 saturated carbocycles. The molecule has 0 aliphatic carbocycles. The average Bonchev–Trinajstić information content (AvgIpc) is 2.40. The van der Waals surface area contributed by atoms with E-state index in [1.807, 2.05) is 0 Å². The van der Waals surface area contributed by atoms with Gasteiger partial charge in [-0.1, -0.05) is 60.2 Å². The molecule has 0 bridgehead atoms. The Bertz CT molecular complexity index is 536. The van der Waals surface area contributed by atoms with Crippen molar-refractivity contribution < 1.29 is 22.6 Å². The first-order valence-electron chi connectivity index (χ1n) is 6.28. The van der Waals surface area contributed by atoms with Crippen molar-refractivity contribution in [1.29, 1.82) is 0 Å². The minimum atomic E-state index is 0.611. The van der Waals surface area contributed by atoms with Crippen LogP contribution in [0.2, 0.25) is 0 Å². The van der Waals surface area contributed by atoms with Gasteiger partial charge in [-0.3, -0.25) is 0 Å². The Kier molecular flexibility index (Phi) is 5.88. The van der Waals surface area contributed by atoms with Gasteiger partial charge in [0, 0.05) is 0 Å². The number of rotatable bonds is 4. The van der Waals surface area contributed by atoms with Crippen LogP contribution in [0.5, 0.6) is 0 Å². The second-order valence-electron chi connectivity index (χ2n) is 4.55. The van der Waals surface area contributed by atoms with Gasteiger partial charge in [-0.25, -0.2) is 0 Å². The lowest BCUT2D eigenvalue weighted by atomic mass is 10.0. The lowest BCUT2D eigenvalue weighted by Gasteiger charge is -2.03. The minimum absolute atomic E-state index is 0.611. The second-order valence-corrected chi connectivity index (χ2v) is 9.96.